The van der Waals surface area contributed by atoms with Crippen LogP contribution in [-0.2, 0) is 0 Å². The molecule has 0 unspecified atom stereocenters. The molecule has 0 fully saturated rings. The van der Waals surface area contributed by atoms with Gasteiger partial charge in [-0.05, 0) is 23.7 Å². The molecule has 0 aliphatic carbocycles. The second kappa shape index (κ2) is 3.36. The lowest BCUT2D eigenvalue weighted by Gasteiger charge is -1.99. The normalized spacial score (nSPS) is 10.3. The zero-order valence-corrected chi connectivity index (χ0v) is 7.97. The van der Waals surface area contributed by atoms with Crippen molar-refractivity contribution in [3.8, 4) is 11.3 Å². The van der Waals surface area contributed by atoms with E-state index in [1.165, 1.54) is 0 Å². The summed E-state index contributed by atoms with van der Waals surface area (Å²) >= 11 is 11.4. The van der Waals surface area contributed by atoms with E-state index in [-0.39, 0.29) is 5.28 Å². The van der Waals surface area contributed by atoms with E-state index in [4.69, 9.17) is 23.2 Å². The third kappa shape index (κ3) is 1.66. The van der Waals surface area contributed by atoms with Gasteiger partial charge in [0.15, 0.2) is 0 Å². The molecule has 0 radical (unpaired) electrons. The molecule has 0 saturated carbocycles. The summed E-state index contributed by atoms with van der Waals surface area (Å²) in [6.45, 7) is 0. The maximum Gasteiger partial charge on any atom is 0.223 e. The summed E-state index contributed by atoms with van der Waals surface area (Å²) in [4.78, 5) is 10.7. The number of nitrogens with one attached hydrogen (secondary N) is 1. The number of halogens is 2. The van der Waals surface area contributed by atoms with Crippen LogP contribution in [-0.4, -0.2) is 15.0 Å². The van der Waals surface area contributed by atoms with Crippen LogP contribution in [0, 0.1) is 0 Å². The number of H-pyrrole nitrogens is 1. The molecule has 2 aromatic heterocycles. The molecule has 13 heavy (non-hydrogen) atoms. The van der Waals surface area contributed by atoms with Gasteiger partial charge in [0.1, 0.15) is 5.15 Å². The van der Waals surface area contributed by atoms with Crippen LogP contribution in [0.15, 0.2) is 24.5 Å². The maximum absolute atomic E-state index is 5.87. The number of hydrogen-bond acceptors (Lipinski definition) is 2. The molecular formula is C8H5Cl2N3. The van der Waals surface area contributed by atoms with Crippen LogP contribution in [0.3, 0.4) is 0 Å². The Balaban J connectivity index is 2.53. The average Bonchev–Trinajstić information content (AvgIpc) is 2.56. The lowest BCUT2D eigenvalue weighted by Crippen LogP contribution is -1.87. The van der Waals surface area contributed by atoms with Gasteiger partial charge in [-0.3, -0.25) is 0 Å². The van der Waals surface area contributed by atoms with Crippen molar-refractivity contribution in [3.63, 3.8) is 0 Å². The molecule has 0 amide bonds. The van der Waals surface area contributed by atoms with E-state index in [2.05, 4.69) is 15.0 Å². The molecule has 0 aromatic carbocycles. The van der Waals surface area contributed by atoms with Gasteiger partial charge in [0.05, 0.1) is 11.3 Å². The van der Waals surface area contributed by atoms with Crippen LogP contribution < -0.4 is 0 Å². The van der Waals surface area contributed by atoms with Crippen molar-refractivity contribution in [1.82, 2.24) is 15.0 Å². The highest BCUT2D eigenvalue weighted by Crippen LogP contribution is 2.24. The van der Waals surface area contributed by atoms with Crippen LogP contribution in [0.5, 0.6) is 0 Å². The topological polar surface area (TPSA) is 41.6 Å². The van der Waals surface area contributed by atoms with Gasteiger partial charge in [0, 0.05) is 12.4 Å². The monoisotopic (exact) mass is 213 g/mol. The highest BCUT2D eigenvalue weighted by molar-refractivity contribution is 6.33. The fraction of sp³-hybridized carbons (Fsp3) is 0. The number of hydrogen-bond donors (Lipinski definition) is 1. The van der Waals surface area contributed by atoms with Crippen LogP contribution in [0.2, 0.25) is 10.4 Å². The smallest absolute Gasteiger partial charge is 0.223 e. The second-order valence-electron chi connectivity index (χ2n) is 2.43. The number of aromatic amines is 1. The number of nitrogens with zero attached hydrogens (tertiary/aromatic N) is 2. The standard InChI is InChI=1S/C8H5Cl2N3/c9-7-5(4-12-8(10)13-7)6-2-1-3-11-6/h1-4,11H. The first kappa shape index (κ1) is 8.53. The summed E-state index contributed by atoms with van der Waals surface area (Å²) in [5.74, 6) is 0. The molecule has 0 atom stereocenters. The van der Waals surface area contributed by atoms with E-state index in [1.54, 1.807) is 12.4 Å². The first-order valence-corrected chi connectivity index (χ1v) is 4.35. The molecule has 0 aliphatic rings. The van der Waals surface area contributed by atoms with Gasteiger partial charge in [-0.15, -0.1) is 0 Å². The Kier molecular flexibility index (Phi) is 2.20. The van der Waals surface area contributed by atoms with Crippen LogP contribution in [0.25, 0.3) is 11.3 Å². The van der Waals surface area contributed by atoms with Crippen LogP contribution in [0.4, 0.5) is 0 Å². The Morgan fingerprint density at radius 2 is 2.15 bits per heavy atom. The van der Waals surface area contributed by atoms with Gasteiger partial charge >= 0.3 is 0 Å². The van der Waals surface area contributed by atoms with Crippen molar-refractivity contribution in [2.24, 2.45) is 0 Å². The summed E-state index contributed by atoms with van der Waals surface area (Å²) in [5.41, 5.74) is 1.62. The molecule has 0 saturated heterocycles. The van der Waals surface area contributed by atoms with E-state index >= 15 is 0 Å². The van der Waals surface area contributed by atoms with Crippen LogP contribution >= 0.6 is 23.2 Å². The summed E-state index contributed by atoms with van der Waals surface area (Å²) in [7, 11) is 0. The van der Waals surface area contributed by atoms with E-state index in [1.807, 2.05) is 12.1 Å². The predicted molar refractivity (Wildman–Crippen MR) is 51.8 cm³/mol. The predicted octanol–water partition coefficient (Wildman–Crippen LogP) is 2.78. The van der Waals surface area contributed by atoms with Gasteiger partial charge in [-0.25, -0.2) is 9.97 Å². The van der Waals surface area contributed by atoms with Gasteiger partial charge in [0.25, 0.3) is 0 Å². The van der Waals surface area contributed by atoms with Crippen LogP contribution in [0.1, 0.15) is 0 Å². The lowest BCUT2D eigenvalue weighted by atomic mass is 10.2. The molecule has 2 heterocycles. The van der Waals surface area contributed by atoms with E-state index in [0.717, 1.165) is 11.3 Å². The number of rotatable bonds is 1. The fourth-order valence-corrected chi connectivity index (χ4v) is 1.43. The first-order chi connectivity index (χ1) is 6.27. The first-order valence-electron chi connectivity index (χ1n) is 3.59. The summed E-state index contributed by atoms with van der Waals surface area (Å²) in [6.07, 6.45) is 3.39. The molecule has 0 bridgehead atoms. The minimum absolute atomic E-state index is 0.153. The Morgan fingerprint density at radius 1 is 1.31 bits per heavy atom. The van der Waals surface area contributed by atoms with E-state index < -0.39 is 0 Å². The van der Waals surface area contributed by atoms with Gasteiger partial charge in [0.2, 0.25) is 5.28 Å². The van der Waals surface area contributed by atoms with Crippen molar-refractivity contribution in [2.75, 3.05) is 0 Å². The minimum Gasteiger partial charge on any atom is -0.361 e. The largest absolute Gasteiger partial charge is 0.361 e. The average molecular weight is 214 g/mol. The Hall–Kier alpha value is -1.06. The van der Waals surface area contributed by atoms with Crippen molar-refractivity contribution < 1.29 is 0 Å². The van der Waals surface area contributed by atoms with Gasteiger partial charge in [-0.1, -0.05) is 11.6 Å². The molecule has 3 nitrogen and oxygen atoms in total. The maximum atomic E-state index is 5.87. The van der Waals surface area contributed by atoms with Crippen molar-refractivity contribution >= 4 is 23.2 Å². The molecule has 2 aromatic rings. The molecule has 2 rings (SSSR count). The Labute approximate surface area is 84.7 Å². The SMILES string of the molecule is Clc1ncc(-c2ccc[nH]2)c(Cl)n1. The zero-order chi connectivity index (χ0) is 9.26. The Morgan fingerprint density at radius 3 is 2.77 bits per heavy atom. The minimum atomic E-state index is 0.153. The summed E-state index contributed by atoms with van der Waals surface area (Å²) in [6, 6.07) is 3.76. The van der Waals surface area contributed by atoms with E-state index in [0.29, 0.717) is 5.15 Å². The third-order valence-corrected chi connectivity index (χ3v) is 2.07. The summed E-state index contributed by atoms with van der Waals surface area (Å²) in [5, 5.41) is 0.503. The van der Waals surface area contributed by atoms with Crippen molar-refractivity contribution in [2.45, 2.75) is 0 Å². The summed E-state index contributed by atoms with van der Waals surface area (Å²) < 4.78 is 0. The van der Waals surface area contributed by atoms with Crippen molar-refractivity contribution in [1.29, 1.82) is 0 Å². The quantitative estimate of drug-likeness (QED) is 0.585. The highest BCUT2D eigenvalue weighted by Gasteiger charge is 2.06. The second-order valence-corrected chi connectivity index (χ2v) is 3.12. The molecule has 0 spiro atoms. The lowest BCUT2D eigenvalue weighted by molar-refractivity contribution is 1.16. The molecule has 1 N–H and O–H groups in total. The van der Waals surface area contributed by atoms with Gasteiger partial charge in [-0.2, -0.15) is 0 Å². The molecular weight excluding hydrogens is 209 g/mol. The molecule has 0 aliphatic heterocycles. The Bertz CT molecular complexity index is 411. The van der Waals surface area contributed by atoms with Gasteiger partial charge < -0.3 is 4.98 Å². The molecule has 66 valence electrons. The number of aromatic nitrogens is 3. The fourth-order valence-electron chi connectivity index (χ4n) is 1.02. The highest BCUT2D eigenvalue weighted by atomic mass is 35.5. The van der Waals surface area contributed by atoms with Crippen molar-refractivity contribution in [3.05, 3.63) is 35.0 Å². The molecule has 5 heteroatoms. The van der Waals surface area contributed by atoms with E-state index in [9.17, 15) is 0 Å². The zero-order valence-electron chi connectivity index (χ0n) is 6.46. The third-order valence-electron chi connectivity index (χ3n) is 1.60.